The minimum absolute atomic E-state index is 0.0171. The lowest BCUT2D eigenvalue weighted by Crippen LogP contribution is -2.45. The second-order valence-corrected chi connectivity index (χ2v) is 31.4. The number of aliphatic hydroxyl groups excluding tert-OH is 1. The van der Waals surface area contributed by atoms with E-state index in [0.29, 0.717) is 19.3 Å². The molecule has 1 saturated carbocycles. The highest BCUT2D eigenvalue weighted by Gasteiger charge is 2.52. The van der Waals surface area contributed by atoms with E-state index in [1.54, 1.807) is 0 Å². The van der Waals surface area contributed by atoms with E-state index in [-0.39, 0.29) is 46.2 Å². The molecule has 1 unspecified atom stereocenters. The topological polar surface area (TPSA) is 74.2 Å². The number of carbonyl (C=O) groups is 1. The van der Waals surface area contributed by atoms with E-state index < -0.39 is 31.1 Å². The molecule has 0 heterocycles. The Bertz CT molecular complexity index is 1040. The summed E-state index contributed by atoms with van der Waals surface area (Å²) in [6, 6.07) is 3.14. The smallest absolute Gasteiger partial charge is 0.305 e. The molecule has 0 radical (unpaired) electrons. The van der Waals surface area contributed by atoms with Crippen molar-refractivity contribution in [2.45, 2.75) is 199 Å². The van der Waals surface area contributed by atoms with Crippen molar-refractivity contribution in [1.29, 1.82) is 0 Å². The molecule has 0 bridgehead atoms. The molecule has 0 aromatic heterocycles. The van der Waals surface area contributed by atoms with Gasteiger partial charge in [0.05, 0.1) is 25.4 Å². The predicted molar refractivity (Wildman–Crippen MR) is 211 cm³/mol. The predicted octanol–water partition coefficient (Wildman–Crippen LogP) is 10.6. The van der Waals surface area contributed by atoms with Gasteiger partial charge < -0.3 is 23.1 Å². The zero-order valence-electron chi connectivity index (χ0n) is 33.9. The number of hydrogen-bond acceptors (Lipinski definition) is 6. The molecule has 280 valence electrons. The fraction of sp³-hybridized carbons (Fsp3) is 0.872. The van der Waals surface area contributed by atoms with E-state index in [1.807, 2.05) is 0 Å². The van der Waals surface area contributed by atoms with Crippen LogP contribution in [0.4, 0.5) is 0 Å². The fourth-order valence-electron chi connectivity index (χ4n) is 6.13. The first-order valence-electron chi connectivity index (χ1n) is 19.1. The molecule has 0 aliphatic heterocycles. The Morgan fingerprint density at radius 1 is 0.875 bits per heavy atom. The molecule has 0 aromatic carbocycles. The maximum atomic E-state index is 11.9. The molecular formula is C39H76O6Si3. The van der Waals surface area contributed by atoms with Gasteiger partial charge in [-0.15, -0.1) is 5.92 Å². The lowest BCUT2D eigenvalue weighted by molar-refractivity contribution is -0.140. The number of aliphatic hydroxyl groups is 1. The van der Waals surface area contributed by atoms with Crippen molar-refractivity contribution < 1.29 is 27.9 Å². The maximum absolute atomic E-state index is 11.9. The van der Waals surface area contributed by atoms with Crippen LogP contribution in [0.1, 0.15) is 121 Å². The van der Waals surface area contributed by atoms with Gasteiger partial charge in [-0.3, -0.25) is 4.79 Å². The summed E-state index contributed by atoms with van der Waals surface area (Å²) < 4.78 is 26.3. The molecule has 0 aromatic rings. The normalized spacial score (nSPS) is 22.4. The number of hydrogen-bond donors (Lipinski definition) is 1. The summed E-state index contributed by atoms with van der Waals surface area (Å²) in [6.45, 7) is 32.1. The molecule has 48 heavy (non-hydrogen) atoms. The number of unbranched alkanes of at least 4 members (excludes halogenated alkanes) is 3. The molecule has 0 saturated heterocycles. The van der Waals surface area contributed by atoms with Gasteiger partial charge in [-0.05, 0) is 73.7 Å². The average molecular weight is 725 g/mol. The Balaban J connectivity index is 3.72. The van der Waals surface area contributed by atoms with Crippen molar-refractivity contribution in [3.05, 3.63) is 12.2 Å². The Labute approximate surface area is 300 Å². The minimum Gasteiger partial charge on any atom is -0.469 e. The lowest BCUT2D eigenvalue weighted by Gasteiger charge is -2.40. The summed E-state index contributed by atoms with van der Waals surface area (Å²) in [7, 11) is -4.76. The molecule has 9 heteroatoms. The lowest BCUT2D eigenvalue weighted by atomic mass is 9.88. The third-order valence-electron chi connectivity index (χ3n) is 11.8. The quantitative estimate of drug-likeness (QED) is 0.0470. The molecule has 1 fully saturated rings. The van der Waals surface area contributed by atoms with E-state index in [4.69, 9.17) is 18.0 Å². The van der Waals surface area contributed by atoms with Crippen molar-refractivity contribution >= 4 is 30.9 Å². The van der Waals surface area contributed by atoms with E-state index in [9.17, 15) is 9.90 Å². The molecular weight excluding hydrogens is 649 g/mol. The SMILES string of the molecule is CCCCC[C@@H](/C=C/[C@@H]1[C@@H](C(O)C#CCCCC(=O)OC)[C@H](O[Si](CC)(CC)CC)C[C@H]1O[Si](C)(C)C(C)(C)C)O[Si](C)(C)C(C)(C)C. The van der Waals surface area contributed by atoms with Crippen LogP contribution in [0.5, 0.6) is 0 Å². The Kier molecular flexibility index (Phi) is 18.6. The molecule has 6 atom stereocenters. The van der Waals surface area contributed by atoms with Gasteiger partial charge >= 0.3 is 5.97 Å². The van der Waals surface area contributed by atoms with Gasteiger partial charge in [-0.1, -0.05) is 107 Å². The van der Waals surface area contributed by atoms with E-state index in [0.717, 1.165) is 37.4 Å². The first-order valence-corrected chi connectivity index (χ1v) is 27.4. The van der Waals surface area contributed by atoms with Crippen LogP contribution in [-0.2, 0) is 22.8 Å². The van der Waals surface area contributed by atoms with Gasteiger partial charge in [0.1, 0.15) is 6.10 Å². The molecule has 1 aliphatic rings. The highest BCUT2D eigenvalue weighted by molar-refractivity contribution is 6.74. The second kappa shape index (κ2) is 19.8. The second-order valence-electron chi connectivity index (χ2n) is 17.2. The fourth-order valence-corrected chi connectivity index (χ4v) is 11.7. The van der Waals surface area contributed by atoms with Crippen molar-refractivity contribution in [2.75, 3.05) is 7.11 Å². The summed E-state index contributed by atoms with van der Waals surface area (Å²) in [5, 5.41) is 12.1. The van der Waals surface area contributed by atoms with Crippen molar-refractivity contribution in [1.82, 2.24) is 0 Å². The Hall–Kier alpha value is -0.739. The van der Waals surface area contributed by atoms with Crippen LogP contribution in [-0.4, -0.2) is 67.6 Å². The van der Waals surface area contributed by atoms with Gasteiger partial charge in [-0.25, -0.2) is 0 Å². The third kappa shape index (κ3) is 13.4. The zero-order valence-corrected chi connectivity index (χ0v) is 36.9. The van der Waals surface area contributed by atoms with Crippen LogP contribution >= 0.6 is 0 Å². The van der Waals surface area contributed by atoms with Gasteiger partial charge in [-0.2, -0.15) is 0 Å². The molecule has 6 nitrogen and oxygen atoms in total. The largest absolute Gasteiger partial charge is 0.469 e. The van der Waals surface area contributed by atoms with Crippen molar-refractivity contribution in [3.63, 3.8) is 0 Å². The first kappa shape index (κ1) is 45.3. The molecule has 1 aliphatic carbocycles. The van der Waals surface area contributed by atoms with Crippen LogP contribution in [0, 0.1) is 23.7 Å². The third-order valence-corrected chi connectivity index (χ3v) is 25.4. The summed E-state index contributed by atoms with van der Waals surface area (Å²) >= 11 is 0. The van der Waals surface area contributed by atoms with Crippen molar-refractivity contribution in [3.8, 4) is 11.8 Å². The number of ether oxygens (including phenoxy) is 1. The summed E-state index contributed by atoms with van der Waals surface area (Å²) in [6.07, 6.45) is 10.3. The minimum atomic E-state index is -2.15. The monoisotopic (exact) mass is 724 g/mol. The average Bonchev–Trinajstić information content (AvgIpc) is 3.32. The van der Waals surface area contributed by atoms with E-state index in [1.165, 1.54) is 20.0 Å². The van der Waals surface area contributed by atoms with Gasteiger partial charge in [0, 0.05) is 24.7 Å². The first-order chi connectivity index (χ1) is 22.1. The summed E-state index contributed by atoms with van der Waals surface area (Å²) in [5.41, 5.74) is 0. The van der Waals surface area contributed by atoms with Crippen LogP contribution < -0.4 is 0 Å². The standard InChI is InChI=1S/C39H76O6Si3/c1-16-20-22-25-31(43-46(12,13)38(5,6)7)28-29-32-34(44-47(14,15)39(8,9)10)30-35(45-48(17-2,18-3)19-4)37(32)33(40)26-23-21-24-27-36(41)42-11/h28-29,31-35,37,40H,16-22,24-25,27,30H2,1-15H3/b29-28+/t31-,32-,33?,34+,35+,37-/m0/s1. The van der Waals surface area contributed by atoms with Gasteiger partial charge in [0.2, 0.25) is 0 Å². The van der Waals surface area contributed by atoms with E-state index >= 15 is 0 Å². The molecule has 0 spiro atoms. The van der Waals surface area contributed by atoms with Crippen molar-refractivity contribution in [2.24, 2.45) is 11.8 Å². The summed E-state index contributed by atoms with van der Waals surface area (Å²) in [4.78, 5) is 11.6. The highest BCUT2D eigenvalue weighted by atomic mass is 28.4. The number of rotatable bonds is 19. The Morgan fingerprint density at radius 3 is 1.96 bits per heavy atom. The number of methoxy groups -OCH3 is 1. The molecule has 0 amide bonds. The highest BCUT2D eigenvalue weighted by Crippen LogP contribution is 2.46. The van der Waals surface area contributed by atoms with Crippen LogP contribution in [0.3, 0.4) is 0 Å². The maximum Gasteiger partial charge on any atom is 0.305 e. The molecule has 1 rings (SSSR count). The zero-order chi connectivity index (χ0) is 37.0. The van der Waals surface area contributed by atoms with E-state index in [2.05, 4.69) is 119 Å². The summed E-state index contributed by atoms with van der Waals surface area (Å²) in [5.74, 6) is 5.89. The number of esters is 1. The van der Waals surface area contributed by atoms with Crippen LogP contribution in [0.2, 0.25) is 54.4 Å². The van der Waals surface area contributed by atoms with Crippen LogP contribution in [0.15, 0.2) is 12.2 Å². The van der Waals surface area contributed by atoms with Crippen LogP contribution in [0.25, 0.3) is 0 Å². The van der Waals surface area contributed by atoms with Gasteiger partial charge in [0.25, 0.3) is 0 Å². The Morgan fingerprint density at radius 2 is 1.46 bits per heavy atom. The number of carbonyl (C=O) groups excluding carboxylic acids is 1. The van der Waals surface area contributed by atoms with Gasteiger partial charge in [0.15, 0.2) is 25.0 Å². The molecule has 1 N–H and O–H groups in total.